The minimum absolute atomic E-state index is 0.129. The molecule has 25 heavy (non-hydrogen) atoms. The average molecular weight is 354 g/mol. The van der Waals surface area contributed by atoms with E-state index in [9.17, 15) is 9.59 Å². The molecule has 0 saturated carbocycles. The van der Waals surface area contributed by atoms with Crippen LogP contribution in [-0.2, 0) is 4.74 Å². The molecule has 0 N–H and O–H groups in total. The second-order valence-corrected chi connectivity index (χ2v) is 6.61. The van der Waals surface area contributed by atoms with E-state index in [1.807, 2.05) is 43.3 Å². The second-order valence-electron chi connectivity index (χ2n) is 5.55. The third-order valence-electron chi connectivity index (χ3n) is 3.73. The van der Waals surface area contributed by atoms with Gasteiger partial charge in [0.2, 0.25) is 0 Å². The van der Waals surface area contributed by atoms with Crippen molar-refractivity contribution in [1.29, 1.82) is 0 Å². The summed E-state index contributed by atoms with van der Waals surface area (Å²) < 4.78 is 11.8. The van der Waals surface area contributed by atoms with Crippen molar-refractivity contribution in [1.82, 2.24) is 0 Å². The van der Waals surface area contributed by atoms with E-state index in [2.05, 4.69) is 0 Å². The predicted octanol–water partition coefficient (Wildman–Crippen LogP) is 4.65. The highest BCUT2D eigenvalue weighted by atomic mass is 32.1. The Bertz CT molecular complexity index is 909. The summed E-state index contributed by atoms with van der Waals surface area (Å²) in [5.74, 6) is -0.147. The maximum absolute atomic E-state index is 12.4. The minimum atomic E-state index is -0.429. The molecular weight excluding hydrogens is 336 g/mol. The average Bonchev–Trinajstić information content (AvgIpc) is 2.99. The Balaban J connectivity index is 1.86. The molecule has 0 aliphatic rings. The van der Waals surface area contributed by atoms with E-state index in [1.54, 1.807) is 19.1 Å². The summed E-state index contributed by atoms with van der Waals surface area (Å²) in [4.78, 5) is 25.0. The van der Waals surface area contributed by atoms with Crippen LogP contribution in [0, 0.1) is 6.92 Å². The maximum atomic E-state index is 12.4. The fourth-order valence-corrected chi connectivity index (χ4v) is 3.50. The molecule has 1 heterocycles. The Labute approximate surface area is 150 Å². The Hall–Kier alpha value is -2.66. The third kappa shape index (κ3) is 3.72. The van der Waals surface area contributed by atoms with Crippen LogP contribution in [0.25, 0.3) is 10.1 Å². The lowest BCUT2D eigenvalue weighted by atomic mass is 10.1. The largest absolute Gasteiger partial charge is 0.483 e. The normalized spacial score (nSPS) is 10.6. The number of ketones is 1. The van der Waals surface area contributed by atoms with Crippen LogP contribution < -0.4 is 4.74 Å². The van der Waals surface area contributed by atoms with Crippen LogP contribution in [0.5, 0.6) is 5.75 Å². The molecule has 0 amide bonds. The molecule has 128 valence electrons. The monoisotopic (exact) mass is 354 g/mol. The number of benzene rings is 2. The zero-order chi connectivity index (χ0) is 17.8. The first kappa shape index (κ1) is 17.2. The van der Waals surface area contributed by atoms with Crippen LogP contribution in [-0.4, -0.2) is 25.0 Å². The van der Waals surface area contributed by atoms with Crippen LogP contribution in [0.15, 0.2) is 48.5 Å². The van der Waals surface area contributed by atoms with E-state index in [0.29, 0.717) is 16.2 Å². The standard InChI is InChI=1S/C20H18O4S/c1-3-23-20(22)19-18(15-6-4-5-7-17(15)25-19)24-12-16(21)14-10-8-13(2)9-11-14/h4-11H,3,12H2,1-2H3. The van der Waals surface area contributed by atoms with Crippen LogP contribution in [0.1, 0.15) is 32.5 Å². The van der Waals surface area contributed by atoms with Crippen molar-refractivity contribution >= 4 is 33.2 Å². The number of fused-ring (bicyclic) bond motifs is 1. The quantitative estimate of drug-likeness (QED) is 0.478. The summed E-state index contributed by atoms with van der Waals surface area (Å²) in [7, 11) is 0. The maximum Gasteiger partial charge on any atom is 0.352 e. The minimum Gasteiger partial charge on any atom is -0.483 e. The van der Waals surface area contributed by atoms with Gasteiger partial charge in [0.1, 0.15) is 0 Å². The molecule has 0 radical (unpaired) electrons. The van der Waals surface area contributed by atoms with Crippen LogP contribution in [0.2, 0.25) is 0 Å². The third-order valence-corrected chi connectivity index (χ3v) is 4.86. The van der Waals surface area contributed by atoms with Gasteiger partial charge in [-0.2, -0.15) is 0 Å². The number of carbonyl (C=O) groups excluding carboxylic acids is 2. The van der Waals surface area contributed by atoms with E-state index in [4.69, 9.17) is 9.47 Å². The molecule has 0 aliphatic carbocycles. The fraction of sp³-hybridized carbons (Fsp3) is 0.200. The highest BCUT2D eigenvalue weighted by molar-refractivity contribution is 7.21. The van der Waals surface area contributed by atoms with Gasteiger partial charge in [0.15, 0.2) is 23.0 Å². The molecule has 0 atom stereocenters. The summed E-state index contributed by atoms with van der Waals surface area (Å²) in [6, 6.07) is 14.9. The van der Waals surface area contributed by atoms with Gasteiger partial charge in [-0.25, -0.2) is 4.79 Å². The van der Waals surface area contributed by atoms with Gasteiger partial charge in [-0.1, -0.05) is 42.0 Å². The SMILES string of the molecule is CCOC(=O)c1sc2ccccc2c1OCC(=O)c1ccc(C)cc1. The van der Waals surface area contributed by atoms with E-state index in [0.717, 1.165) is 15.6 Å². The summed E-state index contributed by atoms with van der Waals surface area (Å²) in [6.45, 7) is 3.88. The summed E-state index contributed by atoms with van der Waals surface area (Å²) in [5.41, 5.74) is 1.67. The number of thiophene rings is 1. The van der Waals surface area contributed by atoms with E-state index < -0.39 is 5.97 Å². The lowest BCUT2D eigenvalue weighted by Crippen LogP contribution is -2.13. The lowest BCUT2D eigenvalue weighted by Gasteiger charge is -2.08. The highest BCUT2D eigenvalue weighted by Crippen LogP contribution is 2.38. The highest BCUT2D eigenvalue weighted by Gasteiger charge is 2.21. The molecule has 2 aromatic carbocycles. The smallest absolute Gasteiger partial charge is 0.352 e. The van der Waals surface area contributed by atoms with Crippen molar-refractivity contribution in [2.45, 2.75) is 13.8 Å². The summed E-state index contributed by atoms with van der Waals surface area (Å²) in [6.07, 6.45) is 0. The van der Waals surface area contributed by atoms with Crippen molar-refractivity contribution in [2.75, 3.05) is 13.2 Å². The molecule has 0 spiro atoms. The van der Waals surface area contributed by atoms with Gasteiger partial charge in [0.25, 0.3) is 0 Å². The Morgan fingerprint density at radius 1 is 1.04 bits per heavy atom. The zero-order valence-electron chi connectivity index (χ0n) is 14.1. The molecular formula is C20H18O4S. The molecule has 1 aromatic heterocycles. The summed E-state index contributed by atoms with van der Waals surface area (Å²) in [5, 5.41) is 0.812. The van der Waals surface area contributed by atoms with Crippen molar-refractivity contribution < 1.29 is 19.1 Å². The molecule has 5 heteroatoms. The van der Waals surface area contributed by atoms with Gasteiger partial charge in [0, 0.05) is 15.6 Å². The zero-order valence-corrected chi connectivity index (χ0v) is 14.9. The number of hydrogen-bond acceptors (Lipinski definition) is 5. The van der Waals surface area contributed by atoms with E-state index in [-0.39, 0.29) is 19.0 Å². The molecule has 0 unspecified atom stereocenters. The van der Waals surface area contributed by atoms with E-state index >= 15 is 0 Å². The number of carbonyl (C=O) groups is 2. The van der Waals surface area contributed by atoms with Crippen molar-refractivity contribution in [3.05, 3.63) is 64.5 Å². The molecule has 0 fully saturated rings. The number of rotatable bonds is 6. The number of esters is 1. The van der Waals surface area contributed by atoms with Crippen LogP contribution in [0.4, 0.5) is 0 Å². The van der Waals surface area contributed by atoms with Gasteiger partial charge < -0.3 is 9.47 Å². The topological polar surface area (TPSA) is 52.6 Å². The Morgan fingerprint density at radius 3 is 2.48 bits per heavy atom. The first-order valence-corrected chi connectivity index (χ1v) is 8.83. The second kappa shape index (κ2) is 7.49. The van der Waals surface area contributed by atoms with Gasteiger partial charge in [-0.05, 0) is 26.0 Å². The molecule has 0 bridgehead atoms. The Kier molecular flexibility index (Phi) is 5.14. The summed E-state index contributed by atoms with van der Waals surface area (Å²) >= 11 is 1.31. The first-order chi connectivity index (χ1) is 12.1. The lowest BCUT2D eigenvalue weighted by molar-refractivity contribution is 0.0526. The van der Waals surface area contributed by atoms with Gasteiger partial charge in [-0.3, -0.25) is 4.79 Å². The van der Waals surface area contributed by atoms with Gasteiger partial charge in [0.05, 0.1) is 6.61 Å². The van der Waals surface area contributed by atoms with Crippen molar-refractivity contribution in [3.63, 3.8) is 0 Å². The molecule has 3 aromatic rings. The molecule has 4 nitrogen and oxygen atoms in total. The molecule has 0 aliphatic heterocycles. The van der Waals surface area contributed by atoms with Crippen molar-refractivity contribution in [3.8, 4) is 5.75 Å². The van der Waals surface area contributed by atoms with Crippen molar-refractivity contribution in [2.24, 2.45) is 0 Å². The predicted molar refractivity (Wildman–Crippen MR) is 98.8 cm³/mol. The number of ether oxygens (including phenoxy) is 2. The molecule has 0 saturated heterocycles. The van der Waals surface area contributed by atoms with Crippen LogP contribution in [0.3, 0.4) is 0 Å². The Morgan fingerprint density at radius 2 is 1.76 bits per heavy atom. The first-order valence-electron chi connectivity index (χ1n) is 8.01. The van der Waals surface area contributed by atoms with Gasteiger partial charge in [-0.15, -0.1) is 11.3 Å². The van der Waals surface area contributed by atoms with Gasteiger partial charge >= 0.3 is 5.97 Å². The fourth-order valence-electron chi connectivity index (χ4n) is 2.46. The molecule has 3 rings (SSSR count). The van der Waals surface area contributed by atoms with E-state index in [1.165, 1.54) is 11.3 Å². The number of aryl methyl sites for hydroxylation is 1. The number of Topliss-reactive ketones (excluding diaryl/α,β-unsaturated/α-hetero) is 1. The number of hydrogen-bond donors (Lipinski definition) is 0. The van der Waals surface area contributed by atoms with Crippen LogP contribution >= 0.6 is 11.3 Å².